The molecule has 1 aromatic carbocycles. The van der Waals surface area contributed by atoms with Crippen molar-refractivity contribution in [2.45, 2.75) is 19.9 Å². The molecule has 184 valence electrons. The first-order valence-corrected chi connectivity index (χ1v) is 11.6. The molecule has 5 aromatic rings. The van der Waals surface area contributed by atoms with Crippen LogP contribution in [0.15, 0.2) is 61.3 Å². The molecule has 0 amide bonds. The maximum atomic E-state index is 6.10. The fraction of sp³-hybridized carbons (Fsp3) is 0.240. The summed E-state index contributed by atoms with van der Waals surface area (Å²) in [6.07, 6.45) is 4.90. The zero-order chi connectivity index (χ0) is 23.8. The van der Waals surface area contributed by atoms with Gasteiger partial charge in [-0.2, -0.15) is 5.10 Å². The van der Waals surface area contributed by atoms with Gasteiger partial charge in [-0.25, -0.2) is 24.5 Å². The van der Waals surface area contributed by atoms with Gasteiger partial charge >= 0.3 is 0 Å². The number of piperazine rings is 1. The molecular weight excluding hydrogens is 478 g/mol. The Bertz CT molecular complexity index is 1520. The number of halogens is 1. The predicted octanol–water partition coefficient (Wildman–Crippen LogP) is 4.13. The minimum Gasteiger partial charge on any atom is -0.457 e. The monoisotopic (exact) mass is 503 g/mol. The number of ether oxygens (including phenoxy) is 1. The normalized spacial score (nSPS) is 15.6. The molecule has 5 heterocycles. The predicted molar refractivity (Wildman–Crippen MR) is 142 cm³/mol. The molecule has 1 aliphatic heterocycles. The average Bonchev–Trinajstić information content (AvgIpc) is 3.34. The highest BCUT2D eigenvalue weighted by molar-refractivity contribution is 5.88. The van der Waals surface area contributed by atoms with E-state index in [2.05, 4.69) is 42.5 Å². The Hall–Kier alpha value is -4.02. The lowest BCUT2D eigenvalue weighted by atomic mass is 10.2. The van der Waals surface area contributed by atoms with Crippen LogP contribution < -0.4 is 20.3 Å². The highest BCUT2D eigenvalue weighted by Gasteiger charge is 2.18. The summed E-state index contributed by atoms with van der Waals surface area (Å²) in [5.74, 6) is 3.08. The summed E-state index contributed by atoms with van der Waals surface area (Å²) < 4.78 is 7.79. The zero-order valence-electron chi connectivity index (χ0n) is 19.9. The Morgan fingerprint density at radius 2 is 1.97 bits per heavy atom. The Labute approximate surface area is 214 Å². The van der Waals surface area contributed by atoms with E-state index in [0.717, 1.165) is 59.1 Å². The molecule has 0 spiro atoms. The minimum absolute atomic E-state index is 0. The van der Waals surface area contributed by atoms with Crippen LogP contribution in [-0.2, 0) is 0 Å². The number of fused-ring (bicyclic) bond motifs is 2. The van der Waals surface area contributed by atoms with E-state index in [1.54, 1.807) is 10.8 Å². The highest BCUT2D eigenvalue weighted by Crippen LogP contribution is 2.30. The lowest BCUT2D eigenvalue weighted by Gasteiger charge is -2.32. The molecule has 6 rings (SSSR count). The molecule has 0 unspecified atom stereocenters. The summed E-state index contributed by atoms with van der Waals surface area (Å²) in [5.41, 5.74) is 4.16. The second-order valence-electron chi connectivity index (χ2n) is 8.69. The zero-order valence-corrected chi connectivity index (χ0v) is 20.7. The molecule has 1 saturated heterocycles. The third-order valence-corrected chi connectivity index (χ3v) is 6.08. The topological polar surface area (TPSA) is 105 Å². The van der Waals surface area contributed by atoms with E-state index in [0.29, 0.717) is 17.6 Å². The molecule has 0 radical (unpaired) electrons. The fourth-order valence-electron chi connectivity index (χ4n) is 4.30. The molecule has 10 nitrogen and oxygen atoms in total. The van der Waals surface area contributed by atoms with E-state index in [4.69, 9.17) is 9.72 Å². The standard InChI is InChI=1S/C25H25N9O.ClH/c1-16-11-18(3-5-21(16)35-19-7-9-34-23(12-19)28-15-30-34)31-25-24-20(27-14-29-25)4-6-22(32-24)33-10-8-26-17(2)13-33;/h3-7,9,11-12,14-15,17,26H,8,10,13H2,1-2H3,(H,27,29,31);1H/t17-;/m0./s1. The van der Waals surface area contributed by atoms with E-state index in [9.17, 15) is 0 Å². The van der Waals surface area contributed by atoms with Gasteiger partial charge in [-0.1, -0.05) is 0 Å². The number of rotatable bonds is 5. The van der Waals surface area contributed by atoms with Crippen LogP contribution in [0.3, 0.4) is 0 Å². The maximum Gasteiger partial charge on any atom is 0.160 e. The van der Waals surface area contributed by atoms with E-state index >= 15 is 0 Å². The van der Waals surface area contributed by atoms with Crippen molar-refractivity contribution in [3.8, 4) is 11.5 Å². The van der Waals surface area contributed by atoms with Gasteiger partial charge in [0.2, 0.25) is 0 Å². The van der Waals surface area contributed by atoms with Crippen molar-refractivity contribution >= 4 is 46.4 Å². The number of pyridine rings is 2. The Morgan fingerprint density at radius 1 is 1.06 bits per heavy atom. The molecule has 0 bridgehead atoms. The van der Waals surface area contributed by atoms with Gasteiger partial charge in [0.1, 0.15) is 35.5 Å². The number of benzene rings is 1. The minimum atomic E-state index is 0. The molecule has 1 aliphatic rings. The van der Waals surface area contributed by atoms with Gasteiger partial charge in [0.15, 0.2) is 11.5 Å². The molecule has 4 aromatic heterocycles. The lowest BCUT2D eigenvalue weighted by Crippen LogP contribution is -2.49. The number of aryl methyl sites for hydroxylation is 1. The summed E-state index contributed by atoms with van der Waals surface area (Å²) in [6.45, 7) is 6.98. The van der Waals surface area contributed by atoms with Crippen molar-refractivity contribution in [1.82, 2.24) is 34.9 Å². The SMILES string of the molecule is Cc1cc(Nc2ncnc3ccc(N4CCN[C@@H](C)C4)nc23)ccc1Oc1ccn2ncnc2c1.Cl. The summed E-state index contributed by atoms with van der Waals surface area (Å²) >= 11 is 0. The van der Waals surface area contributed by atoms with Crippen molar-refractivity contribution < 1.29 is 4.74 Å². The third-order valence-electron chi connectivity index (χ3n) is 6.08. The quantitative estimate of drug-likeness (QED) is 0.366. The molecule has 11 heteroatoms. The Morgan fingerprint density at radius 3 is 2.83 bits per heavy atom. The molecule has 1 atom stereocenters. The molecular formula is C25H26ClN9O. The molecule has 0 aliphatic carbocycles. The van der Waals surface area contributed by atoms with Crippen molar-refractivity contribution in [2.75, 3.05) is 29.9 Å². The first kappa shape index (κ1) is 23.7. The summed E-state index contributed by atoms with van der Waals surface area (Å²) in [6, 6.07) is 14.1. The van der Waals surface area contributed by atoms with Crippen LogP contribution in [0.4, 0.5) is 17.3 Å². The largest absolute Gasteiger partial charge is 0.457 e. The molecule has 36 heavy (non-hydrogen) atoms. The van der Waals surface area contributed by atoms with Gasteiger partial charge in [-0.05, 0) is 55.8 Å². The van der Waals surface area contributed by atoms with Gasteiger partial charge < -0.3 is 20.3 Å². The average molecular weight is 504 g/mol. The lowest BCUT2D eigenvalue weighted by molar-refractivity contribution is 0.478. The summed E-state index contributed by atoms with van der Waals surface area (Å²) in [5, 5.41) is 11.0. The first-order chi connectivity index (χ1) is 17.1. The van der Waals surface area contributed by atoms with Crippen LogP contribution >= 0.6 is 12.4 Å². The number of nitrogens with zero attached hydrogens (tertiary/aromatic N) is 7. The van der Waals surface area contributed by atoms with E-state index in [1.807, 2.05) is 55.6 Å². The Kier molecular flexibility index (Phi) is 6.53. The smallest absolute Gasteiger partial charge is 0.160 e. The number of nitrogens with one attached hydrogen (secondary N) is 2. The van der Waals surface area contributed by atoms with Gasteiger partial charge in [-0.3, -0.25) is 0 Å². The van der Waals surface area contributed by atoms with Crippen LogP contribution in [0.5, 0.6) is 11.5 Å². The van der Waals surface area contributed by atoms with Crippen LogP contribution in [-0.4, -0.2) is 55.2 Å². The van der Waals surface area contributed by atoms with Gasteiger partial charge in [-0.15, -0.1) is 12.4 Å². The van der Waals surface area contributed by atoms with Crippen LogP contribution in [0.2, 0.25) is 0 Å². The van der Waals surface area contributed by atoms with Crippen molar-refractivity contribution in [3.63, 3.8) is 0 Å². The second kappa shape index (κ2) is 9.92. The van der Waals surface area contributed by atoms with E-state index in [-0.39, 0.29) is 12.4 Å². The van der Waals surface area contributed by atoms with E-state index < -0.39 is 0 Å². The molecule has 2 N–H and O–H groups in total. The first-order valence-electron chi connectivity index (χ1n) is 11.6. The van der Waals surface area contributed by atoms with Crippen molar-refractivity contribution in [3.05, 3.63) is 66.9 Å². The number of hydrogen-bond donors (Lipinski definition) is 2. The molecule has 1 fully saturated rings. The van der Waals surface area contributed by atoms with Crippen LogP contribution in [0, 0.1) is 6.92 Å². The summed E-state index contributed by atoms with van der Waals surface area (Å²) in [7, 11) is 0. The number of anilines is 3. The Balaban J connectivity index is 0.00000267. The van der Waals surface area contributed by atoms with E-state index in [1.165, 1.54) is 6.33 Å². The maximum absolute atomic E-state index is 6.10. The van der Waals surface area contributed by atoms with Gasteiger partial charge in [0.05, 0.1) is 5.52 Å². The van der Waals surface area contributed by atoms with Gasteiger partial charge in [0.25, 0.3) is 0 Å². The van der Waals surface area contributed by atoms with Crippen molar-refractivity contribution in [2.24, 2.45) is 0 Å². The van der Waals surface area contributed by atoms with Crippen LogP contribution in [0.25, 0.3) is 16.7 Å². The number of hydrogen-bond acceptors (Lipinski definition) is 9. The number of aromatic nitrogens is 6. The fourth-order valence-corrected chi connectivity index (χ4v) is 4.30. The summed E-state index contributed by atoms with van der Waals surface area (Å²) in [4.78, 5) is 20.3. The van der Waals surface area contributed by atoms with Crippen molar-refractivity contribution in [1.29, 1.82) is 0 Å². The molecule has 0 saturated carbocycles. The third kappa shape index (κ3) is 4.73. The van der Waals surface area contributed by atoms with Gasteiger partial charge in [0, 0.05) is 43.6 Å². The second-order valence-corrected chi connectivity index (χ2v) is 8.69. The van der Waals surface area contributed by atoms with Crippen LogP contribution in [0.1, 0.15) is 12.5 Å². The highest BCUT2D eigenvalue weighted by atomic mass is 35.5.